The molecule has 0 heterocycles. The second kappa shape index (κ2) is 5.50. The lowest BCUT2D eigenvalue weighted by atomic mass is 9.98. The van der Waals surface area contributed by atoms with Gasteiger partial charge in [-0.3, -0.25) is 0 Å². The minimum atomic E-state index is -4.35. The topological polar surface area (TPSA) is 26.0 Å². The standard InChI is InChI=1S/C14H11F3IN/c15-14(16,17)10-5-3-4-9(8-10)13(19)11-6-1-2-7-12(11)18/h1-8,13H,19H2. The van der Waals surface area contributed by atoms with E-state index in [2.05, 4.69) is 22.6 Å². The predicted octanol–water partition coefficient (Wildman–Crippen LogP) is 4.36. The first-order valence-corrected chi connectivity index (χ1v) is 6.64. The van der Waals surface area contributed by atoms with Gasteiger partial charge in [0.25, 0.3) is 0 Å². The maximum absolute atomic E-state index is 12.7. The fourth-order valence-corrected chi connectivity index (χ4v) is 2.54. The first-order chi connectivity index (χ1) is 8.89. The minimum absolute atomic E-state index is 0.457. The minimum Gasteiger partial charge on any atom is -0.320 e. The average Bonchev–Trinajstić information content (AvgIpc) is 2.38. The van der Waals surface area contributed by atoms with E-state index in [1.807, 2.05) is 24.3 Å². The fourth-order valence-electron chi connectivity index (χ4n) is 1.82. The summed E-state index contributed by atoms with van der Waals surface area (Å²) in [6.07, 6.45) is -4.35. The van der Waals surface area contributed by atoms with Gasteiger partial charge >= 0.3 is 6.18 Å². The summed E-state index contributed by atoms with van der Waals surface area (Å²) in [6, 6.07) is 12.0. The Kier molecular flexibility index (Phi) is 4.15. The molecule has 100 valence electrons. The van der Waals surface area contributed by atoms with Crippen LogP contribution in [0.2, 0.25) is 0 Å². The van der Waals surface area contributed by atoms with Gasteiger partial charge in [0.1, 0.15) is 0 Å². The molecule has 2 aromatic rings. The first kappa shape index (κ1) is 14.3. The number of hydrogen-bond donors (Lipinski definition) is 1. The second-order valence-corrected chi connectivity index (χ2v) is 5.28. The molecule has 1 unspecified atom stereocenters. The van der Waals surface area contributed by atoms with Gasteiger partial charge in [-0.1, -0.05) is 30.3 Å². The fraction of sp³-hybridized carbons (Fsp3) is 0.143. The van der Waals surface area contributed by atoms with Crippen molar-refractivity contribution in [3.05, 3.63) is 68.8 Å². The van der Waals surface area contributed by atoms with Crippen LogP contribution in [0, 0.1) is 3.57 Å². The lowest BCUT2D eigenvalue weighted by molar-refractivity contribution is -0.137. The molecule has 0 aliphatic rings. The van der Waals surface area contributed by atoms with Crippen LogP contribution < -0.4 is 5.73 Å². The summed E-state index contributed by atoms with van der Waals surface area (Å²) in [7, 11) is 0. The van der Waals surface area contributed by atoms with E-state index >= 15 is 0 Å². The maximum Gasteiger partial charge on any atom is 0.416 e. The van der Waals surface area contributed by atoms with Crippen LogP contribution in [-0.2, 0) is 6.18 Å². The third kappa shape index (κ3) is 3.27. The van der Waals surface area contributed by atoms with Gasteiger partial charge in [0.05, 0.1) is 11.6 Å². The van der Waals surface area contributed by atoms with Gasteiger partial charge in [0.15, 0.2) is 0 Å². The van der Waals surface area contributed by atoms with Crippen LogP contribution in [0.25, 0.3) is 0 Å². The zero-order chi connectivity index (χ0) is 14.0. The molecule has 1 atom stereocenters. The summed E-state index contributed by atoms with van der Waals surface area (Å²) >= 11 is 2.12. The molecule has 0 aromatic heterocycles. The smallest absolute Gasteiger partial charge is 0.320 e. The molecule has 0 radical (unpaired) electrons. The quantitative estimate of drug-likeness (QED) is 0.774. The van der Waals surface area contributed by atoms with Crippen LogP contribution in [0.5, 0.6) is 0 Å². The molecular formula is C14H11F3IN. The predicted molar refractivity (Wildman–Crippen MR) is 76.6 cm³/mol. The molecule has 0 bridgehead atoms. The van der Waals surface area contributed by atoms with E-state index in [9.17, 15) is 13.2 Å². The summed E-state index contributed by atoms with van der Waals surface area (Å²) in [5.74, 6) is 0. The Bertz CT molecular complexity index is 581. The van der Waals surface area contributed by atoms with Gasteiger partial charge < -0.3 is 5.73 Å². The van der Waals surface area contributed by atoms with Crippen molar-refractivity contribution < 1.29 is 13.2 Å². The van der Waals surface area contributed by atoms with Gasteiger partial charge in [0.2, 0.25) is 0 Å². The number of benzene rings is 2. The third-order valence-electron chi connectivity index (χ3n) is 2.81. The van der Waals surface area contributed by atoms with E-state index in [4.69, 9.17) is 5.73 Å². The van der Waals surface area contributed by atoms with Crippen LogP contribution in [0.4, 0.5) is 13.2 Å². The largest absolute Gasteiger partial charge is 0.416 e. The number of hydrogen-bond acceptors (Lipinski definition) is 1. The summed E-state index contributed by atoms with van der Waals surface area (Å²) in [5.41, 5.74) is 6.66. The highest BCUT2D eigenvalue weighted by Crippen LogP contribution is 2.32. The molecule has 2 rings (SSSR count). The molecule has 2 N–H and O–H groups in total. The van der Waals surface area contributed by atoms with Crippen molar-refractivity contribution >= 4 is 22.6 Å². The molecule has 5 heteroatoms. The first-order valence-electron chi connectivity index (χ1n) is 5.57. The van der Waals surface area contributed by atoms with E-state index in [0.717, 1.165) is 21.3 Å². The molecule has 0 saturated heterocycles. The Labute approximate surface area is 122 Å². The highest BCUT2D eigenvalue weighted by Gasteiger charge is 2.30. The van der Waals surface area contributed by atoms with Crippen molar-refractivity contribution in [3.63, 3.8) is 0 Å². The number of alkyl halides is 3. The van der Waals surface area contributed by atoms with Crippen molar-refractivity contribution in [2.24, 2.45) is 5.73 Å². The number of rotatable bonds is 2. The van der Waals surface area contributed by atoms with Crippen molar-refractivity contribution in [1.82, 2.24) is 0 Å². The van der Waals surface area contributed by atoms with E-state index in [0.29, 0.717) is 5.56 Å². The van der Waals surface area contributed by atoms with Crippen LogP contribution in [-0.4, -0.2) is 0 Å². The molecule has 0 aliphatic carbocycles. The summed E-state index contributed by atoms with van der Waals surface area (Å²) < 4.78 is 38.9. The van der Waals surface area contributed by atoms with Crippen LogP contribution in [0.1, 0.15) is 22.7 Å². The van der Waals surface area contributed by atoms with Gasteiger partial charge in [-0.05, 0) is 51.9 Å². The van der Waals surface area contributed by atoms with Gasteiger partial charge in [-0.15, -0.1) is 0 Å². The molecule has 0 spiro atoms. The lowest BCUT2D eigenvalue weighted by Crippen LogP contribution is -2.14. The number of halogens is 4. The molecule has 0 fully saturated rings. The van der Waals surface area contributed by atoms with E-state index in [-0.39, 0.29) is 0 Å². The van der Waals surface area contributed by atoms with Gasteiger partial charge in [0, 0.05) is 3.57 Å². The molecular weight excluding hydrogens is 366 g/mol. The van der Waals surface area contributed by atoms with Gasteiger partial charge in [-0.2, -0.15) is 13.2 Å². The summed E-state index contributed by atoms with van der Waals surface area (Å²) in [4.78, 5) is 0. The zero-order valence-corrected chi connectivity index (χ0v) is 11.9. The molecule has 0 saturated carbocycles. The monoisotopic (exact) mass is 377 g/mol. The number of nitrogens with two attached hydrogens (primary N) is 1. The molecule has 0 amide bonds. The van der Waals surface area contributed by atoms with Crippen molar-refractivity contribution in [2.75, 3.05) is 0 Å². The normalized spacial score (nSPS) is 13.3. The molecule has 1 nitrogen and oxygen atoms in total. The Morgan fingerprint density at radius 1 is 1.00 bits per heavy atom. The Balaban J connectivity index is 2.40. The average molecular weight is 377 g/mol. The Hall–Kier alpha value is -1.08. The summed E-state index contributed by atoms with van der Waals surface area (Å²) in [6.45, 7) is 0. The Morgan fingerprint density at radius 2 is 1.68 bits per heavy atom. The van der Waals surface area contributed by atoms with Crippen LogP contribution in [0.3, 0.4) is 0 Å². The lowest BCUT2D eigenvalue weighted by Gasteiger charge is -2.16. The molecule has 0 aliphatic heterocycles. The van der Waals surface area contributed by atoms with Crippen molar-refractivity contribution in [3.8, 4) is 0 Å². The summed E-state index contributed by atoms with van der Waals surface area (Å²) in [5, 5.41) is 0. The zero-order valence-electron chi connectivity index (χ0n) is 9.79. The van der Waals surface area contributed by atoms with Gasteiger partial charge in [-0.25, -0.2) is 0 Å². The highest BCUT2D eigenvalue weighted by molar-refractivity contribution is 14.1. The van der Waals surface area contributed by atoms with E-state index < -0.39 is 17.8 Å². The molecule has 2 aromatic carbocycles. The Morgan fingerprint density at radius 3 is 2.32 bits per heavy atom. The SMILES string of the molecule is NC(c1cccc(C(F)(F)F)c1)c1ccccc1I. The highest BCUT2D eigenvalue weighted by atomic mass is 127. The van der Waals surface area contributed by atoms with E-state index in [1.54, 1.807) is 6.07 Å². The van der Waals surface area contributed by atoms with Crippen molar-refractivity contribution in [2.45, 2.75) is 12.2 Å². The van der Waals surface area contributed by atoms with Crippen LogP contribution in [0.15, 0.2) is 48.5 Å². The van der Waals surface area contributed by atoms with E-state index in [1.165, 1.54) is 6.07 Å². The van der Waals surface area contributed by atoms with Crippen molar-refractivity contribution in [1.29, 1.82) is 0 Å². The van der Waals surface area contributed by atoms with Crippen LogP contribution >= 0.6 is 22.6 Å². The second-order valence-electron chi connectivity index (χ2n) is 4.12. The molecule has 19 heavy (non-hydrogen) atoms. The third-order valence-corrected chi connectivity index (χ3v) is 3.80. The maximum atomic E-state index is 12.7.